The fourth-order valence-corrected chi connectivity index (χ4v) is 3.30. The zero-order valence-electron chi connectivity index (χ0n) is 18.2. The van der Waals surface area contributed by atoms with Gasteiger partial charge in [-0.25, -0.2) is 0 Å². The maximum atomic E-state index is 10.3. The highest BCUT2D eigenvalue weighted by Crippen LogP contribution is 2.15. The average Bonchev–Trinajstić information content (AvgIpc) is 2.63. The first-order valence-electron chi connectivity index (χ1n) is 11.3. The summed E-state index contributed by atoms with van der Waals surface area (Å²) in [6.45, 7) is 9.79. The number of rotatable bonds is 19. The highest BCUT2D eigenvalue weighted by Gasteiger charge is 2.13. The van der Waals surface area contributed by atoms with Gasteiger partial charge in [-0.3, -0.25) is 0 Å². The topological polar surface area (TPSA) is 55.7 Å². The van der Waals surface area contributed by atoms with Crippen molar-refractivity contribution in [3.05, 3.63) is 0 Å². The smallest absolute Gasteiger partial charge is 0.0690 e. The molecule has 0 aliphatic carbocycles. The minimum Gasteiger partial charge on any atom is -0.392 e. The molecule has 0 radical (unpaired) electrons. The van der Waals surface area contributed by atoms with Gasteiger partial charge in [0.2, 0.25) is 0 Å². The lowest BCUT2D eigenvalue weighted by molar-refractivity contribution is 0.107. The van der Waals surface area contributed by atoms with E-state index in [1.54, 1.807) is 0 Å². The van der Waals surface area contributed by atoms with Crippen LogP contribution in [0.4, 0.5) is 0 Å². The third kappa shape index (κ3) is 16.0. The molecule has 4 nitrogen and oxygen atoms in total. The van der Waals surface area contributed by atoms with E-state index >= 15 is 0 Å². The van der Waals surface area contributed by atoms with Gasteiger partial charge in [0, 0.05) is 13.1 Å². The van der Waals surface area contributed by atoms with Gasteiger partial charge in [-0.15, -0.1) is 0 Å². The Balaban J connectivity index is 3.49. The van der Waals surface area contributed by atoms with E-state index in [1.165, 1.54) is 51.4 Å². The van der Waals surface area contributed by atoms with Crippen molar-refractivity contribution in [3.63, 3.8) is 0 Å². The lowest BCUT2D eigenvalue weighted by Gasteiger charge is -2.21. The van der Waals surface area contributed by atoms with Gasteiger partial charge in [-0.2, -0.15) is 0 Å². The Kier molecular flexibility index (Phi) is 18.1. The molecule has 0 spiro atoms. The molecule has 0 fully saturated rings. The summed E-state index contributed by atoms with van der Waals surface area (Å²) in [5, 5.41) is 23.3. The average molecular weight is 373 g/mol. The third-order valence-electron chi connectivity index (χ3n) is 5.41. The van der Waals surface area contributed by atoms with Crippen LogP contribution in [-0.4, -0.2) is 60.5 Å². The van der Waals surface area contributed by atoms with Crippen LogP contribution in [0, 0.1) is 5.92 Å². The van der Waals surface area contributed by atoms with Crippen LogP contribution in [0.1, 0.15) is 91.4 Å². The number of likely N-dealkylation sites (N-methyl/N-ethyl adjacent to an activating group) is 1. The van der Waals surface area contributed by atoms with Gasteiger partial charge < -0.3 is 20.4 Å². The second-order valence-corrected chi connectivity index (χ2v) is 8.19. The molecule has 0 saturated carbocycles. The Morgan fingerprint density at radius 3 is 2.12 bits per heavy atom. The van der Waals surface area contributed by atoms with Gasteiger partial charge in [-0.1, -0.05) is 72.1 Å². The third-order valence-corrected chi connectivity index (χ3v) is 5.41. The largest absolute Gasteiger partial charge is 0.392 e. The van der Waals surface area contributed by atoms with Crippen molar-refractivity contribution in [2.75, 3.05) is 33.2 Å². The van der Waals surface area contributed by atoms with Crippen LogP contribution in [0.15, 0.2) is 0 Å². The van der Waals surface area contributed by atoms with Gasteiger partial charge >= 0.3 is 0 Å². The van der Waals surface area contributed by atoms with E-state index in [0.717, 1.165) is 38.9 Å². The number of aliphatic hydroxyl groups is 2. The molecule has 3 N–H and O–H groups in total. The normalized spacial score (nSPS) is 15.3. The fourth-order valence-electron chi connectivity index (χ4n) is 3.30. The SMILES string of the molecule is CCCCCCCCCCC(C)C(O)CNCCCN(C)CC(O)CC. The van der Waals surface area contributed by atoms with Gasteiger partial charge in [0.05, 0.1) is 12.2 Å². The molecule has 0 aliphatic heterocycles. The molecule has 26 heavy (non-hydrogen) atoms. The van der Waals surface area contributed by atoms with Crippen molar-refractivity contribution >= 4 is 0 Å². The van der Waals surface area contributed by atoms with Crippen molar-refractivity contribution in [1.82, 2.24) is 10.2 Å². The standard InChI is InChI=1S/C22H48N2O2/c1-5-7-8-9-10-11-12-13-15-20(3)22(26)18-23-16-14-17-24(4)19-21(25)6-2/h20-23,25-26H,5-19H2,1-4H3. The van der Waals surface area contributed by atoms with E-state index in [4.69, 9.17) is 0 Å². The van der Waals surface area contributed by atoms with Gasteiger partial charge in [0.25, 0.3) is 0 Å². The second kappa shape index (κ2) is 18.2. The van der Waals surface area contributed by atoms with E-state index in [1.807, 2.05) is 6.92 Å². The monoisotopic (exact) mass is 372 g/mol. The van der Waals surface area contributed by atoms with Crippen LogP contribution < -0.4 is 5.32 Å². The molecule has 0 aliphatic rings. The van der Waals surface area contributed by atoms with Crippen LogP contribution in [0.2, 0.25) is 0 Å². The Bertz CT molecular complexity index is 289. The predicted octanol–water partition coefficient (Wildman–Crippen LogP) is 4.20. The van der Waals surface area contributed by atoms with Crippen LogP contribution in [0.25, 0.3) is 0 Å². The summed E-state index contributed by atoms with van der Waals surface area (Å²) in [6, 6.07) is 0. The van der Waals surface area contributed by atoms with E-state index < -0.39 is 0 Å². The summed E-state index contributed by atoms with van der Waals surface area (Å²) >= 11 is 0. The second-order valence-electron chi connectivity index (χ2n) is 8.19. The van der Waals surface area contributed by atoms with Crippen LogP contribution >= 0.6 is 0 Å². The number of unbranched alkanes of at least 4 members (excludes halogenated alkanes) is 7. The summed E-state index contributed by atoms with van der Waals surface area (Å²) in [5.74, 6) is 0.380. The first kappa shape index (κ1) is 25.8. The summed E-state index contributed by atoms with van der Waals surface area (Å²) < 4.78 is 0. The fraction of sp³-hybridized carbons (Fsp3) is 1.00. The zero-order chi connectivity index (χ0) is 19.6. The minimum absolute atomic E-state index is 0.216. The Labute approximate surface area is 163 Å². The summed E-state index contributed by atoms with van der Waals surface area (Å²) in [4.78, 5) is 2.18. The Morgan fingerprint density at radius 1 is 0.885 bits per heavy atom. The number of nitrogens with one attached hydrogen (secondary N) is 1. The van der Waals surface area contributed by atoms with Crippen molar-refractivity contribution in [1.29, 1.82) is 0 Å². The quantitative estimate of drug-likeness (QED) is 0.298. The van der Waals surface area contributed by atoms with Gasteiger partial charge in [0.15, 0.2) is 0 Å². The Hall–Kier alpha value is -0.160. The lowest BCUT2D eigenvalue weighted by Crippen LogP contribution is -2.34. The molecular weight excluding hydrogens is 324 g/mol. The summed E-state index contributed by atoms with van der Waals surface area (Å²) in [7, 11) is 2.06. The van der Waals surface area contributed by atoms with E-state index in [9.17, 15) is 10.2 Å². The highest BCUT2D eigenvalue weighted by molar-refractivity contribution is 4.68. The van der Waals surface area contributed by atoms with Crippen LogP contribution in [0.3, 0.4) is 0 Å². The molecular formula is C22H48N2O2. The van der Waals surface area contributed by atoms with Gasteiger partial charge in [-0.05, 0) is 45.3 Å². The van der Waals surface area contributed by atoms with Crippen LogP contribution in [-0.2, 0) is 0 Å². The molecule has 0 saturated heterocycles. The first-order valence-corrected chi connectivity index (χ1v) is 11.3. The first-order chi connectivity index (χ1) is 12.5. The molecule has 0 aromatic rings. The van der Waals surface area contributed by atoms with E-state index in [0.29, 0.717) is 12.5 Å². The van der Waals surface area contributed by atoms with Crippen molar-refractivity contribution in [3.8, 4) is 0 Å². The molecule has 0 bridgehead atoms. The van der Waals surface area contributed by atoms with Crippen LogP contribution in [0.5, 0.6) is 0 Å². The lowest BCUT2D eigenvalue weighted by atomic mass is 9.96. The van der Waals surface area contributed by atoms with Crippen molar-refractivity contribution < 1.29 is 10.2 Å². The number of nitrogens with zero attached hydrogens (tertiary/aromatic N) is 1. The van der Waals surface area contributed by atoms with E-state index in [2.05, 4.69) is 31.1 Å². The number of hydrogen-bond acceptors (Lipinski definition) is 4. The van der Waals surface area contributed by atoms with Crippen molar-refractivity contribution in [2.24, 2.45) is 5.92 Å². The number of hydrogen-bond donors (Lipinski definition) is 3. The maximum Gasteiger partial charge on any atom is 0.0690 e. The minimum atomic E-state index is -0.237. The number of aliphatic hydroxyl groups excluding tert-OH is 2. The Morgan fingerprint density at radius 2 is 1.50 bits per heavy atom. The molecule has 158 valence electrons. The highest BCUT2D eigenvalue weighted by atomic mass is 16.3. The molecule has 3 atom stereocenters. The van der Waals surface area contributed by atoms with E-state index in [-0.39, 0.29) is 12.2 Å². The summed E-state index contributed by atoms with van der Waals surface area (Å²) in [6.07, 6.45) is 13.3. The molecule has 0 aromatic carbocycles. The molecule has 0 amide bonds. The van der Waals surface area contributed by atoms with Gasteiger partial charge in [0.1, 0.15) is 0 Å². The molecule has 3 unspecified atom stereocenters. The summed E-state index contributed by atoms with van der Waals surface area (Å²) in [5.41, 5.74) is 0. The molecule has 0 aromatic heterocycles. The molecule has 4 heteroatoms. The molecule has 0 heterocycles. The zero-order valence-corrected chi connectivity index (χ0v) is 18.2. The van der Waals surface area contributed by atoms with Crippen molar-refractivity contribution in [2.45, 2.75) is 104 Å². The molecule has 0 rings (SSSR count). The maximum absolute atomic E-state index is 10.3. The predicted molar refractivity (Wildman–Crippen MR) is 114 cm³/mol.